The van der Waals surface area contributed by atoms with Crippen LogP contribution in [0.15, 0.2) is 114 Å². The first kappa shape index (κ1) is 24.7. The number of rotatable bonds is 5. The molecule has 1 unspecified atom stereocenters. The van der Waals surface area contributed by atoms with Gasteiger partial charge in [-0.15, -0.1) is 0 Å². The van der Waals surface area contributed by atoms with Crippen molar-refractivity contribution in [2.24, 2.45) is 4.99 Å². The van der Waals surface area contributed by atoms with Crippen LogP contribution in [-0.4, -0.2) is 29.9 Å². The van der Waals surface area contributed by atoms with Crippen LogP contribution in [0.1, 0.15) is 28.3 Å². The number of hydrogen-bond donors (Lipinski definition) is 2. The number of nitrogens with one attached hydrogen (secondary N) is 2. The topological polar surface area (TPSA) is 56.7 Å². The van der Waals surface area contributed by atoms with Gasteiger partial charge < -0.3 is 15.5 Å². The Kier molecular flexibility index (Phi) is 7.30. The Morgan fingerprint density at radius 3 is 2.05 bits per heavy atom. The van der Waals surface area contributed by atoms with Crippen molar-refractivity contribution in [2.75, 3.05) is 11.9 Å². The lowest BCUT2D eigenvalue weighted by atomic mass is 9.99. The van der Waals surface area contributed by atoms with E-state index in [4.69, 9.17) is 28.8 Å². The summed E-state index contributed by atoms with van der Waals surface area (Å²) < 4.78 is 0. The molecule has 0 fully saturated rings. The Morgan fingerprint density at radius 2 is 1.46 bits per heavy atom. The van der Waals surface area contributed by atoms with E-state index >= 15 is 0 Å². The van der Waals surface area contributed by atoms with E-state index in [0.717, 1.165) is 27.9 Å². The van der Waals surface area contributed by atoms with Gasteiger partial charge in [-0.2, -0.15) is 0 Å². The summed E-state index contributed by atoms with van der Waals surface area (Å²) in [4.78, 5) is 20.0. The molecule has 0 saturated heterocycles. The van der Waals surface area contributed by atoms with E-state index in [9.17, 15) is 4.79 Å². The average Bonchev–Trinajstić information content (AvgIpc) is 3.03. The molecular formula is C30H25ClN4OS. The van der Waals surface area contributed by atoms with Crippen LogP contribution in [0.4, 0.5) is 5.69 Å². The van der Waals surface area contributed by atoms with E-state index in [1.807, 2.05) is 103 Å². The second kappa shape index (κ2) is 10.9. The van der Waals surface area contributed by atoms with E-state index < -0.39 is 6.17 Å². The number of fused-ring (bicyclic) bond motifs is 1. The maximum absolute atomic E-state index is 13.6. The third-order valence-electron chi connectivity index (χ3n) is 6.25. The third-order valence-corrected chi connectivity index (χ3v) is 6.72. The number of carbonyl (C=O) groups excluding carboxylic acids is 1. The molecule has 7 heteroatoms. The predicted octanol–water partition coefficient (Wildman–Crippen LogP) is 5.73. The van der Waals surface area contributed by atoms with Crippen molar-refractivity contribution >= 4 is 46.2 Å². The number of hydrogen-bond acceptors (Lipinski definition) is 3. The first-order chi connectivity index (χ1) is 18.0. The molecule has 4 aromatic rings. The van der Waals surface area contributed by atoms with Crippen LogP contribution < -0.4 is 15.5 Å². The second-order valence-corrected chi connectivity index (χ2v) is 9.52. The standard InChI is InChI=1S/C30H25ClN4OS/c1-35-25-18-17-23(31)19-24(25)27(22-15-9-4-10-16-22)32-28(29(35)36)34-30(37)33-26(20-11-5-2-6-12-20)21-13-7-3-8-14-21/h2-19,26,28H,1H3,(H2,33,34,37). The summed E-state index contributed by atoms with van der Waals surface area (Å²) in [5.74, 6) is -0.227. The highest BCUT2D eigenvalue weighted by atomic mass is 35.5. The summed E-state index contributed by atoms with van der Waals surface area (Å²) in [5, 5.41) is 7.46. The summed E-state index contributed by atoms with van der Waals surface area (Å²) >= 11 is 12.1. The van der Waals surface area contributed by atoms with Gasteiger partial charge in [-0.3, -0.25) is 4.79 Å². The molecule has 1 heterocycles. The molecule has 0 saturated carbocycles. The molecular weight excluding hydrogens is 500 g/mol. The number of benzene rings is 4. The molecule has 1 aliphatic heterocycles. The number of aliphatic imine (C=N–C) groups is 1. The van der Waals surface area contributed by atoms with E-state index in [0.29, 0.717) is 15.8 Å². The molecule has 0 bridgehead atoms. The van der Waals surface area contributed by atoms with Crippen molar-refractivity contribution < 1.29 is 4.79 Å². The van der Waals surface area contributed by atoms with Crippen molar-refractivity contribution in [3.05, 3.63) is 136 Å². The van der Waals surface area contributed by atoms with Gasteiger partial charge in [-0.25, -0.2) is 4.99 Å². The Bertz CT molecular complexity index is 1410. The molecule has 5 rings (SSSR count). The number of benzodiazepines with no additional fused rings is 1. The van der Waals surface area contributed by atoms with E-state index in [1.165, 1.54) is 0 Å². The Labute approximate surface area is 226 Å². The number of nitrogens with zero attached hydrogens (tertiary/aromatic N) is 2. The summed E-state index contributed by atoms with van der Waals surface area (Å²) in [6.45, 7) is 0. The molecule has 37 heavy (non-hydrogen) atoms. The van der Waals surface area contributed by atoms with Crippen LogP contribution in [0.5, 0.6) is 0 Å². The number of halogens is 1. The van der Waals surface area contributed by atoms with E-state index in [2.05, 4.69) is 10.6 Å². The number of thiocarbonyl (C=S) groups is 1. The predicted molar refractivity (Wildman–Crippen MR) is 154 cm³/mol. The van der Waals surface area contributed by atoms with Gasteiger partial charge in [-0.1, -0.05) is 103 Å². The number of likely N-dealkylation sites (N-methyl/N-ethyl adjacent to an activating group) is 1. The van der Waals surface area contributed by atoms with E-state index in [-0.39, 0.29) is 11.9 Å². The molecule has 0 radical (unpaired) electrons. The fraction of sp³-hybridized carbons (Fsp3) is 0.100. The van der Waals surface area contributed by atoms with Crippen molar-refractivity contribution in [1.29, 1.82) is 0 Å². The lowest BCUT2D eigenvalue weighted by Gasteiger charge is -2.25. The Morgan fingerprint density at radius 1 is 0.892 bits per heavy atom. The molecule has 2 N–H and O–H groups in total. The minimum absolute atomic E-state index is 0.199. The highest BCUT2D eigenvalue weighted by molar-refractivity contribution is 7.80. The molecule has 5 nitrogen and oxygen atoms in total. The van der Waals surface area contributed by atoms with Crippen LogP contribution in [0, 0.1) is 0 Å². The van der Waals surface area contributed by atoms with Gasteiger partial charge in [0.2, 0.25) is 6.17 Å². The summed E-state index contributed by atoms with van der Waals surface area (Å²) in [6, 6.07) is 35.1. The van der Waals surface area contributed by atoms with Gasteiger partial charge in [0.25, 0.3) is 5.91 Å². The molecule has 184 valence electrons. The number of anilines is 1. The van der Waals surface area contributed by atoms with Crippen molar-refractivity contribution in [1.82, 2.24) is 10.6 Å². The van der Waals surface area contributed by atoms with Crippen LogP contribution in [-0.2, 0) is 4.79 Å². The smallest absolute Gasteiger partial charge is 0.272 e. The molecule has 1 aliphatic rings. The van der Waals surface area contributed by atoms with Gasteiger partial charge in [0.15, 0.2) is 5.11 Å². The maximum atomic E-state index is 13.6. The zero-order chi connectivity index (χ0) is 25.8. The van der Waals surface area contributed by atoms with Gasteiger partial charge in [0.05, 0.1) is 17.4 Å². The van der Waals surface area contributed by atoms with E-state index in [1.54, 1.807) is 18.0 Å². The number of carbonyl (C=O) groups is 1. The third kappa shape index (κ3) is 5.40. The van der Waals surface area contributed by atoms with Gasteiger partial charge in [0.1, 0.15) is 0 Å². The van der Waals surface area contributed by atoms with Gasteiger partial charge in [0, 0.05) is 23.2 Å². The largest absolute Gasteiger partial charge is 0.352 e. The molecule has 1 atom stereocenters. The highest BCUT2D eigenvalue weighted by Crippen LogP contribution is 2.30. The molecule has 0 spiro atoms. The first-order valence-corrected chi connectivity index (χ1v) is 12.7. The van der Waals surface area contributed by atoms with Gasteiger partial charge >= 0.3 is 0 Å². The van der Waals surface area contributed by atoms with Crippen LogP contribution in [0.25, 0.3) is 0 Å². The van der Waals surface area contributed by atoms with Crippen LogP contribution in [0.2, 0.25) is 5.02 Å². The fourth-order valence-corrected chi connectivity index (χ4v) is 4.82. The summed E-state index contributed by atoms with van der Waals surface area (Å²) in [5.41, 5.74) is 5.16. The highest BCUT2D eigenvalue weighted by Gasteiger charge is 2.31. The quantitative estimate of drug-likeness (QED) is 0.327. The van der Waals surface area contributed by atoms with Crippen molar-refractivity contribution in [3.8, 4) is 0 Å². The lowest BCUT2D eigenvalue weighted by Crippen LogP contribution is -2.50. The van der Waals surface area contributed by atoms with Crippen LogP contribution in [0.3, 0.4) is 0 Å². The minimum Gasteiger partial charge on any atom is -0.352 e. The molecule has 4 aromatic carbocycles. The lowest BCUT2D eigenvalue weighted by molar-refractivity contribution is -0.119. The maximum Gasteiger partial charge on any atom is 0.272 e. The minimum atomic E-state index is -0.932. The summed E-state index contributed by atoms with van der Waals surface area (Å²) in [7, 11) is 1.74. The first-order valence-electron chi connectivity index (χ1n) is 11.9. The Hall–Kier alpha value is -4.00. The number of amides is 1. The SMILES string of the molecule is CN1C(=O)C(NC(=S)NC(c2ccccc2)c2ccccc2)N=C(c2ccccc2)c2cc(Cl)ccc21. The van der Waals surface area contributed by atoms with Crippen molar-refractivity contribution in [3.63, 3.8) is 0 Å². The normalized spacial score (nSPS) is 15.0. The molecule has 0 aromatic heterocycles. The Balaban J connectivity index is 1.49. The van der Waals surface area contributed by atoms with Crippen LogP contribution >= 0.6 is 23.8 Å². The zero-order valence-electron chi connectivity index (χ0n) is 20.1. The van der Waals surface area contributed by atoms with Crippen molar-refractivity contribution in [2.45, 2.75) is 12.2 Å². The van der Waals surface area contributed by atoms with Gasteiger partial charge in [-0.05, 0) is 41.5 Å². The molecule has 0 aliphatic carbocycles. The monoisotopic (exact) mass is 524 g/mol. The average molecular weight is 525 g/mol. The zero-order valence-corrected chi connectivity index (χ0v) is 21.7. The molecule has 1 amide bonds. The summed E-state index contributed by atoms with van der Waals surface area (Å²) in [6.07, 6.45) is -0.932. The fourth-order valence-electron chi connectivity index (χ4n) is 4.41. The second-order valence-electron chi connectivity index (χ2n) is 8.68.